The van der Waals surface area contributed by atoms with E-state index in [1.54, 1.807) is 16.2 Å². The highest BCUT2D eigenvalue weighted by Crippen LogP contribution is 2.32. The molecule has 4 heteroatoms. The third kappa shape index (κ3) is 2.58. The maximum Gasteiger partial charge on any atom is 0.264 e. The van der Waals surface area contributed by atoms with E-state index >= 15 is 0 Å². The fourth-order valence-corrected chi connectivity index (χ4v) is 4.42. The van der Waals surface area contributed by atoms with Gasteiger partial charge in [0.15, 0.2) is 0 Å². The van der Waals surface area contributed by atoms with Gasteiger partial charge >= 0.3 is 0 Å². The number of likely N-dealkylation sites (N-methyl/N-ethyl adjacent to an activating group) is 1. The van der Waals surface area contributed by atoms with Gasteiger partial charge in [0, 0.05) is 11.7 Å². The van der Waals surface area contributed by atoms with Gasteiger partial charge in [0.2, 0.25) is 0 Å². The molecule has 0 radical (unpaired) electrons. The summed E-state index contributed by atoms with van der Waals surface area (Å²) >= 11 is 1.55. The number of nitrogens with zero attached hydrogens (tertiary/aromatic N) is 1. The van der Waals surface area contributed by atoms with Crippen LogP contribution < -0.4 is 0 Å². The predicted octanol–water partition coefficient (Wildman–Crippen LogP) is 3.59. The Morgan fingerprint density at radius 3 is 2.71 bits per heavy atom. The predicted molar refractivity (Wildman–Crippen MR) is 86.9 cm³/mol. The highest BCUT2D eigenvalue weighted by atomic mass is 32.1. The van der Waals surface area contributed by atoms with Gasteiger partial charge in [-0.3, -0.25) is 4.79 Å². The van der Waals surface area contributed by atoms with E-state index in [0.717, 1.165) is 46.2 Å². The lowest BCUT2D eigenvalue weighted by Gasteiger charge is -2.35. The van der Waals surface area contributed by atoms with Crippen LogP contribution in [0.4, 0.5) is 0 Å². The number of hydrogen-bond acceptors (Lipinski definition) is 3. The van der Waals surface area contributed by atoms with Crippen molar-refractivity contribution in [2.45, 2.75) is 44.8 Å². The van der Waals surface area contributed by atoms with Crippen molar-refractivity contribution in [1.82, 2.24) is 4.90 Å². The Balaban J connectivity index is 1.91. The maximum absolute atomic E-state index is 12.8. The molecule has 1 amide bonds. The van der Waals surface area contributed by atoms with Crippen molar-refractivity contribution in [1.29, 1.82) is 0 Å². The van der Waals surface area contributed by atoms with Gasteiger partial charge < -0.3 is 10.0 Å². The van der Waals surface area contributed by atoms with Gasteiger partial charge in [-0.2, -0.15) is 0 Å². The fraction of sp³-hybridized carbons (Fsp3) is 0.471. The molecule has 1 N–H and O–H groups in total. The normalized spacial score (nSPS) is 22.4. The third-order valence-electron chi connectivity index (χ3n) is 4.55. The van der Waals surface area contributed by atoms with Gasteiger partial charge in [-0.1, -0.05) is 31.0 Å². The first-order valence-electron chi connectivity index (χ1n) is 7.53. The monoisotopic (exact) mass is 303 g/mol. The summed E-state index contributed by atoms with van der Waals surface area (Å²) in [5.41, 5.74) is 1.05. The van der Waals surface area contributed by atoms with E-state index in [2.05, 4.69) is 12.1 Å². The first-order chi connectivity index (χ1) is 10.1. The van der Waals surface area contributed by atoms with Crippen LogP contribution in [0.15, 0.2) is 24.3 Å². The van der Waals surface area contributed by atoms with Crippen LogP contribution in [0.2, 0.25) is 0 Å². The van der Waals surface area contributed by atoms with E-state index in [4.69, 9.17) is 0 Å². The van der Waals surface area contributed by atoms with Crippen LogP contribution in [0.1, 0.15) is 40.9 Å². The topological polar surface area (TPSA) is 40.5 Å². The summed E-state index contributed by atoms with van der Waals surface area (Å²) in [5, 5.41) is 11.3. The number of aliphatic hydroxyl groups excluding tert-OH is 1. The number of hydrogen-bond donors (Lipinski definition) is 1. The lowest BCUT2D eigenvalue weighted by Crippen LogP contribution is -2.46. The summed E-state index contributed by atoms with van der Waals surface area (Å²) in [7, 11) is 1.82. The second kappa shape index (κ2) is 5.78. The summed E-state index contributed by atoms with van der Waals surface area (Å²) in [5.74, 6) is 0.0413. The molecule has 21 heavy (non-hydrogen) atoms. The number of carbonyl (C=O) groups excluding carboxylic acids is 1. The summed E-state index contributed by atoms with van der Waals surface area (Å²) in [6, 6.07) is 8.08. The van der Waals surface area contributed by atoms with Crippen molar-refractivity contribution in [3.63, 3.8) is 0 Å². The standard InChI is InChI=1S/C17H21NO2S/c1-11-12-7-3-6-10-15(12)21-16(11)17(20)18(2)13-8-4-5-9-14(13)19/h3,6-7,10,13-14,19H,4-5,8-9H2,1-2H3. The Morgan fingerprint density at radius 2 is 2.00 bits per heavy atom. The summed E-state index contributed by atoms with van der Waals surface area (Å²) < 4.78 is 1.15. The largest absolute Gasteiger partial charge is 0.391 e. The van der Waals surface area contributed by atoms with E-state index in [1.165, 1.54) is 0 Å². The van der Waals surface area contributed by atoms with E-state index < -0.39 is 0 Å². The number of aliphatic hydroxyl groups is 1. The molecule has 0 bridgehead atoms. The van der Waals surface area contributed by atoms with Gasteiger partial charge in [-0.25, -0.2) is 0 Å². The van der Waals surface area contributed by atoms with Gasteiger partial charge in [0.05, 0.1) is 17.0 Å². The number of amides is 1. The zero-order chi connectivity index (χ0) is 15.0. The molecule has 2 atom stereocenters. The summed E-state index contributed by atoms with van der Waals surface area (Å²) in [6.07, 6.45) is 3.45. The van der Waals surface area contributed by atoms with Crippen LogP contribution in [0.25, 0.3) is 10.1 Å². The van der Waals surface area contributed by atoms with Crippen LogP contribution in [0, 0.1) is 6.92 Å². The molecule has 0 spiro atoms. The van der Waals surface area contributed by atoms with Gasteiger partial charge in [-0.05, 0) is 36.8 Å². The first-order valence-corrected chi connectivity index (χ1v) is 8.34. The van der Waals surface area contributed by atoms with E-state index in [0.29, 0.717) is 0 Å². The van der Waals surface area contributed by atoms with E-state index in [1.807, 2.05) is 26.1 Å². The van der Waals surface area contributed by atoms with E-state index in [9.17, 15) is 9.90 Å². The fourth-order valence-electron chi connectivity index (χ4n) is 3.23. The Bertz CT molecular complexity index is 664. The van der Waals surface area contributed by atoms with Crippen LogP contribution >= 0.6 is 11.3 Å². The lowest BCUT2D eigenvalue weighted by atomic mass is 9.91. The van der Waals surface area contributed by atoms with Crippen LogP contribution in [-0.4, -0.2) is 35.1 Å². The molecule has 1 heterocycles. The molecule has 1 aliphatic carbocycles. The number of carbonyl (C=O) groups is 1. The molecule has 112 valence electrons. The Hall–Kier alpha value is -1.39. The minimum atomic E-state index is -0.387. The molecule has 0 aliphatic heterocycles. The number of thiophene rings is 1. The summed E-state index contributed by atoms with van der Waals surface area (Å²) in [4.78, 5) is 15.4. The van der Waals surface area contributed by atoms with Crippen LogP contribution in [-0.2, 0) is 0 Å². The van der Waals surface area contributed by atoms with Crippen molar-refractivity contribution < 1.29 is 9.90 Å². The molecule has 2 aromatic rings. The second-order valence-corrected chi connectivity index (χ2v) is 6.94. The minimum Gasteiger partial charge on any atom is -0.391 e. The van der Waals surface area contributed by atoms with Crippen LogP contribution in [0.5, 0.6) is 0 Å². The first kappa shape index (κ1) is 14.5. The van der Waals surface area contributed by atoms with Gasteiger partial charge in [0.1, 0.15) is 0 Å². The van der Waals surface area contributed by atoms with Crippen molar-refractivity contribution in [3.8, 4) is 0 Å². The lowest BCUT2D eigenvalue weighted by molar-refractivity contribution is 0.0270. The quantitative estimate of drug-likeness (QED) is 0.921. The molecule has 1 fully saturated rings. The zero-order valence-electron chi connectivity index (χ0n) is 12.5. The Labute approximate surface area is 129 Å². The second-order valence-electron chi connectivity index (χ2n) is 5.89. The number of benzene rings is 1. The van der Waals surface area contributed by atoms with Crippen molar-refractivity contribution in [2.75, 3.05) is 7.05 Å². The SMILES string of the molecule is Cc1c(C(=O)N(C)C2CCCCC2O)sc2ccccc12. The molecule has 3 rings (SSSR count). The van der Waals surface area contributed by atoms with Crippen molar-refractivity contribution in [3.05, 3.63) is 34.7 Å². The molecular weight excluding hydrogens is 282 g/mol. The third-order valence-corrected chi connectivity index (χ3v) is 5.81. The molecule has 1 aliphatic rings. The molecule has 1 saturated carbocycles. The van der Waals surface area contributed by atoms with E-state index in [-0.39, 0.29) is 18.1 Å². The molecule has 0 saturated heterocycles. The van der Waals surface area contributed by atoms with Crippen LogP contribution in [0.3, 0.4) is 0 Å². The molecule has 1 aromatic heterocycles. The molecule has 2 unspecified atom stereocenters. The van der Waals surface area contributed by atoms with Gasteiger partial charge in [-0.15, -0.1) is 11.3 Å². The zero-order valence-corrected chi connectivity index (χ0v) is 13.3. The molecular formula is C17H21NO2S. The number of fused-ring (bicyclic) bond motifs is 1. The Kier molecular flexibility index (Phi) is 4.00. The average molecular weight is 303 g/mol. The number of rotatable bonds is 2. The minimum absolute atomic E-state index is 0.0413. The highest BCUT2D eigenvalue weighted by Gasteiger charge is 2.31. The van der Waals surface area contributed by atoms with Crippen molar-refractivity contribution >= 4 is 27.3 Å². The average Bonchev–Trinajstić information content (AvgIpc) is 2.84. The number of aryl methyl sites for hydroxylation is 1. The van der Waals surface area contributed by atoms with Crippen molar-refractivity contribution in [2.24, 2.45) is 0 Å². The Morgan fingerprint density at radius 1 is 1.29 bits per heavy atom. The maximum atomic E-state index is 12.8. The molecule has 1 aromatic carbocycles. The smallest absolute Gasteiger partial charge is 0.264 e. The summed E-state index contributed by atoms with van der Waals surface area (Å²) in [6.45, 7) is 2.01. The highest BCUT2D eigenvalue weighted by molar-refractivity contribution is 7.21. The van der Waals surface area contributed by atoms with Gasteiger partial charge in [0.25, 0.3) is 5.91 Å². The molecule has 3 nitrogen and oxygen atoms in total.